The molecule has 0 aliphatic carbocycles. The number of hydrogen-bond acceptors (Lipinski definition) is 3. The van der Waals surface area contributed by atoms with Gasteiger partial charge in [-0.05, 0) is 24.6 Å². The molecule has 6 heteroatoms. The maximum Gasteiger partial charge on any atom is 0.252 e. The number of halogens is 1. The van der Waals surface area contributed by atoms with Crippen LogP contribution in [0.1, 0.15) is 23.7 Å². The molecule has 0 saturated carbocycles. The van der Waals surface area contributed by atoms with Gasteiger partial charge in [0.05, 0.1) is 5.56 Å². The molecule has 0 spiro atoms. The van der Waals surface area contributed by atoms with Gasteiger partial charge < -0.3 is 5.32 Å². The van der Waals surface area contributed by atoms with Crippen molar-refractivity contribution in [3.8, 4) is 0 Å². The molecule has 1 amide bonds. The summed E-state index contributed by atoms with van der Waals surface area (Å²) in [6, 6.07) is 5.31. The quantitative estimate of drug-likeness (QED) is 0.802. The number of hydrogen-bond donors (Lipinski definition) is 2. The Kier molecular flexibility index (Phi) is 6.38. The molecule has 1 aromatic rings. The minimum Gasteiger partial charge on any atom is -0.352 e. The van der Waals surface area contributed by atoms with E-state index in [9.17, 15) is 9.00 Å². The van der Waals surface area contributed by atoms with Gasteiger partial charge in [-0.1, -0.05) is 22.9 Å². The van der Waals surface area contributed by atoms with Crippen molar-refractivity contribution in [2.75, 3.05) is 12.8 Å². The third kappa shape index (κ3) is 4.74. The van der Waals surface area contributed by atoms with E-state index >= 15 is 0 Å². The summed E-state index contributed by atoms with van der Waals surface area (Å²) in [6.07, 6.45) is 2.38. The SMILES string of the molecule is CC(CCNC(=O)c1ccc(Br)cc1S)S(C)=O. The van der Waals surface area contributed by atoms with Crippen molar-refractivity contribution in [3.63, 3.8) is 0 Å². The van der Waals surface area contributed by atoms with E-state index in [4.69, 9.17) is 0 Å². The first-order chi connectivity index (χ1) is 8.41. The molecule has 1 rings (SSSR count). The van der Waals surface area contributed by atoms with Crippen molar-refractivity contribution >= 4 is 45.3 Å². The van der Waals surface area contributed by atoms with Crippen molar-refractivity contribution in [2.45, 2.75) is 23.5 Å². The van der Waals surface area contributed by atoms with Crippen LogP contribution < -0.4 is 5.32 Å². The molecule has 0 bridgehead atoms. The number of rotatable bonds is 5. The maximum absolute atomic E-state index is 11.9. The highest BCUT2D eigenvalue weighted by Gasteiger charge is 2.11. The van der Waals surface area contributed by atoms with Crippen LogP contribution >= 0.6 is 28.6 Å². The van der Waals surface area contributed by atoms with Crippen molar-refractivity contribution in [1.82, 2.24) is 5.32 Å². The fourth-order valence-electron chi connectivity index (χ4n) is 1.35. The highest BCUT2D eigenvalue weighted by Crippen LogP contribution is 2.19. The molecular formula is C12H16BrNO2S2. The second kappa shape index (κ2) is 7.31. The van der Waals surface area contributed by atoms with E-state index in [1.165, 1.54) is 0 Å². The molecule has 0 heterocycles. The van der Waals surface area contributed by atoms with Crippen molar-refractivity contribution in [1.29, 1.82) is 0 Å². The van der Waals surface area contributed by atoms with Crippen LogP contribution in [0.15, 0.2) is 27.6 Å². The summed E-state index contributed by atoms with van der Waals surface area (Å²) >= 11 is 7.58. The van der Waals surface area contributed by atoms with Crippen molar-refractivity contribution < 1.29 is 9.00 Å². The van der Waals surface area contributed by atoms with Crippen LogP contribution in [0, 0.1) is 0 Å². The monoisotopic (exact) mass is 349 g/mol. The van der Waals surface area contributed by atoms with Crippen LogP contribution in [-0.4, -0.2) is 28.2 Å². The average Bonchev–Trinajstić information content (AvgIpc) is 2.28. The van der Waals surface area contributed by atoms with E-state index in [0.717, 1.165) is 4.47 Å². The topological polar surface area (TPSA) is 46.2 Å². The van der Waals surface area contributed by atoms with Crippen LogP contribution in [0.25, 0.3) is 0 Å². The molecule has 0 aromatic heterocycles. The van der Waals surface area contributed by atoms with Crippen LogP contribution in [0.4, 0.5) is 0 Å². The molecular weight excluding hydrogens is 334 g/mol. The lowest BCUT2D eigenvalue weighted by Gasteiger charge is -2.10. The Morgan fingerprint density at radius 1 is 1.56 bits per heavy atom. The first-order valence-electron chi connectivity index (χ1n) is 5.50. The standard InChI is InChI=1S/C12H16BrNO2S2/c1-8(18(2)16)5-6-14-12(15)10-4-3-9(13)7-11(10)17/h3-4,7-8,17H,5-6H2,1-2H3,(H,14,15). The van der Waals surface area contributed by atoms with Crippen LogP contribution in [-0.2, 0) is 10.8 Å². The Hall–Kier alpha value is -0.330. The van der Waals surface area contributed by atoms with Gasteiger partial charge in [-0.3, -0.25) is 9.00 Å². The summed E-state index contributed by atoms with van der Waals surface area (Å²) in [5.74, 6) is -0.151. The van der Waals surface area contributed by atoms with Crippen LogP contribution in [0.3, 0.4) is 0 Å². The van der Waals surface area contributed by atoms with E-state index < -0.39 is 10.8 Å². The molecule has 0 saturated heterocycles. The summed E-state index contributed by atoms with van der Waals surface area (Å²) in [6.45, 7) is 2.43. The van der Waals surface area contributed by atoms with Gasteiger partial charge in [-0.25, -0.2) is 0 Å². The third-order valence-corrected chi connectivity index (χ3v) is 4.84. The Bertz CT molecular complexity index is 465. The Morgan fingerprint density at radius 2 is 2.22 bits per heavy atom. The van der Waals surface area contributed by atoms with Crippen molar-refractivity contribution in [2.24, 2.45) is 0 Å². The van der Waals surface area contributed by atoms with Gasteiger partial charge in [-0.15, -0.1) is 12.6 Å². The molecule has 3 nitrogen and oxygen atoms in total. The lowest BCUT2D eigenvalue weighted by atomic mass is 10.2. The summed E-state index contributed by atoms with van der Waals surface area (Å²) in [5, 5.41) is 2.90. The lowest BCUT2D eigenvalue weighted by molar-refractivity contribution is 0.0950. The number of nitrogens with one attached hydrogen (secondary N) is 1. The predicted molar refractivity (Wildman–Crippen MR) is 81.9 cm³/mol. The highest BCUT2D eigenvalue weighted by molar-refractivity contribution is 9.10. The highest BCUT2D eigenvalue weighted by atomic mass is 79.9. The Labute approximate surface area is 124 Å². The normalized spacial score (nSPS) is 14.0. The van der Waals surface area contributed by atoms with Gasteiger partial charge in [0.15, 0.2) is 0 Å². The molecule has 18 heavy (non-hydrogen) atoms. The number of amides is 1. The summed E-state index contributed by atoms with van der Waals surface area (Å²) < 4.78 is 12.1. The molecule has 1 aromatic carbocycles. The summed E-state index contributed by atoms with van der Waals surface area (Å²) in [7, 11) is -0.850. The molecule has 100 valence electrons. The minimum absolute atomic E-state index is 0.0886. The summed E-state index contributed by atoms with van der Waals surface area (Å²) in [5.41, 5.74) is 0.548. The van der Waals surface area contributed by atoms with Gasteiger partial charge in [0.25, 0.3) is 5.91 Å². The van der Waals surface area contributed by atoms with Gasteiger partial charge in [0.2, 0.25) is 0 Å². The van der Waals surface area contributed by atoms with Gasteiger partial charge >= 0.3 is 0 Å². The van der Waals surface area contributed by atoms with Gasteiger partial charge in [0.1, 0.15) is 0 Å². The Morgan fingerprint density at radius 3 is 2.78 bits per heavy atom. The van der Waals surface area contributed by atoms with Crippen molar-refractivity contribution in [3.05, 3.63) is 28.2 Å². The summed E-state index contributed by atoms with van der Waals surface area (Å²) in [4.78, 5) is 12.5. The largest absolute Gasteiger partial charge is 0.352 e. The molecule has 0 fully saturated rings. The smallest absolute Gasteiger partial charge is 0.252 e. The first-order valence-corrected chi connectivity index (χ1v) is 8.37. The third-order valence-electron chi connectivity index (χ3n) is 2.61. The molecule has 0 aliphatic rings. The maximum atomic E-state index is 11.9. The van der Waals surface area contributed by atoms with Gasteiger partial charge in [0, 0.05) is 38.2 Å². The molecule has 0 aliphatic heterocycles. The lowest BCUT2D eigenvalue weighted by Crippen LogP contribution is -2.27. The first kappa shape index (κ1) is 15.7. The molecule has 2 atom stereocenters. The van der Waals surface area contributed by atoms with Gasteiger partial charge in [-0.2, -0.15) is 0 Å². The van der Waals surface area contributed by atoms with E-state index in [0.29, 0.717) is 23.4 Å². The fraction of sp³-hybridized carbons (Fsp3) is 0.417. The zero-order chi connectivity index (χ0) is 13.7. The minimum atomic E-state index is -0.850. The molecule has 2 unspecified atom stereocenters. The number of carbonyl (C=O) groups is 1. The number of benzene rings is 1. The Balaban J connectivity index is 2.53. The average molecular weight is 350 g/mol. The molecule has 0 radical (unpaired) electrons. The van der Waals surface area contributed by atoms with Crippen LogP contribution in [0.2, 0.25) is 0 Å². The van der Waals surface area contributed by atoms with E-state index in [-0.39, 0.29) is 11.2 Å². The van der Waals surface area contributed by atoms with E-state index in [1.807, 2.05) is 6.92 Å². The second-order valence-corrected chi connectivity index (χ2v) is 7.21. The second-order valence-electron chi connectivity index (χ2n) is 4.02. The number of thiol groups is 1. The zero-order valence-electron chi connectivity index (χ0n) is 10.3. The zero-order valence-corrected chi connectivity index (χ0v) is 13.6. The van der Waals surface area contributed by atoms with Crippen LogP contribution in [0.5, 0.6) is 0 Å². The molecule has 1 N–H and O–H groups in total. The van der Waals surface area contributed by atoms with E-state index in [2.05, 4.69) is 33.9 Å². The number of carbonyl (C=O) groups excluding carboxylic acids is 1. The predicted octanol–water partition coefficient (Wildman–Crippen LogP) is 2.62. The fourth-order valence-corrected chi connectivity index (χ4v) is 2.65. The van der Waals surface area contributed by atoms with E-state index in [1.54, 1.807) is 24.5 Å².